The summed E-state index contributed by atoms with van der Waals surface area (Å²) in [5, 5.41) is 22.7. The van der Waals surface area contributed by atoms with Crippen molar-refractivity contribution in [1.82, 2.24) is 14.1 Å². The number of hydrogen-bond donors (Lipinski definition) is 3. The summed E-state index contributed by atoms with van der Waals surface area (Å²) in [5.41, 5.74) is 0. The van der Waals surface area contributed by atoms with Crippen molar-refractivity contribution in [2.24, 2.45) is 5.92 Å². The van der Waals surface area contributed by atoms with E-state index in [4.69, 9.17) is 4.74 Å². The molecule has 0 aliphatic heterocycles. The van der Waals surface area contributed by atoms with Crippen molar-refractivity contribution in [3.63, 3.8) is 0 Å². The highest BCUT2D eigenvalue weighted by Crippen LogP contribution is 2.12. The smallest absolute Gasteiger partial charge is 0.245 e. The third-order valence-corrected chi connectivity index (χ3v) is 3.55. The Kier molecular flexibility index (Phi) is 7.88. The van der Waals surface area contributed by atoms with Crippen LogP contribution in [0, 0.1) is 5.92 Å². The molecule has 0 radical (unpaired) electrons. The van der Waals surface area contributed by atoms with Crippen LogP contribution in [0.15, 0.2) is 6.20 Å². The summed E-state index contributed by atoms with van der Waals surface area (Å²) in [6.45, 7) is 5.18. The molecule has 0 spiro atoms. The number of nitrogens with zero attached hydrogens (tertiary/aromatic N) is 2. The lowest BCUT2D eigenvalue weighted by molar-refractivity contribution is 0.0811. The third-order valence-electron chi connectivity index (χ3n) is 3.09. The minimum Gasteiger partial charge on any atom is -0.473 e. The highest BCUT2D eigenvalue weighted by molar-refractivity contribution is 6.99. The van der Waals surface area contributed by atoms with Gasteiger partial charge in [-0.25, -0.2) is 0 Å². The zero-order chi connectivity index (χ0) is 14.1. The van der Waals surface area contributed by atoms with Crippen molar-refractivity contribution in [3.8, 4) is 5.88 Å². The number of aliphatic hydroxyl groups excluding tert-OH is 2. The van der Waals surface area contributed by atoms with Gasteiger partial charge in [0, 0.05) is 13.1 Å². The Bertz CT molecular complexity index is 320. The van der Waals surface area contributed by atoms with E-state index in [-0.39, 0.29) is 12.7 Å². The van der Waals surface area contributed by atoms with Crippen molar-refractivity contribution in [2.75, 3.05) is 19.7 Å². The molecule has 19 heavy (non-hydrogen) atoms. The zero-order valence-electron chi connectivity index (χ0n) is 11.5. The number of aliphatic hydroxyl groups is 2. The van der Waals surface area contributed by atoms with E-state index in [9.17, 15) is 10.2 Å². The normalized spacial score (nSPS) is 14.6. The van der Waals surface area contributed by atoms with E-state index in [0.717, 1.165) is 24.6 Å². The maximum absolute atomic E-state index is 9.91. The molecule has 2 unspecified atom stereocenters. The molecule has 0 aliphatic carbocycles. The second-order valence-electron chi connectivity index (χ2n) is 4.51. The van der Waals surface area contributed by atoms with Gasteiger partial charge >= 0.3 is 0 Å². The van der Waals surface area contributed by atoms with E-state index in [1.807, 2.05) is 0 Å². The van der Waals surface area contributed by atoms with E-state index in [1.54, 1.807) is 0 Å². The lowest BCUT2D eigenvalue weighted by Crippen LogP contribution is -2.38. The van der Waals surface area contributed by atoms with E-state index >= 15 is 0 Å². The summed E-state index contributed by atoms with van der Waals surface area (Å²) in [7, 11) is 0. The first-order valence-corrected chi connectivity index (χ1v) is 7.37. The predicted octanol–water partition coefficient (Wildman–Crippen LogP) is 0.664. The van der Waals surface area contributed by atoms with Gasteiger partial charge in [0.1, 0.15) is 18.9 Å². The molecular weight excluding hydrogens is 266 g/mol. The summed E-state index contributed by atoms with van der Waals surface area (Å²) in [6, 6.07) is 0. The first-order chi connectivity index (χ1) is 9.17. The van der Waals surface area contributed by atoms with Gasteiger partial charge in [0.15, 0.2) is 0 Å². The Labute approximate surface area is 118 Å². The van der Waals surface area contributed by atoms with Gasteiger partial charge in [0.2, 0.25) is 5.88 Å². The van der Waals surface area contributed by atoms with Crippen LogP contribution in [0.4, 0.5) is 0 Å². The molecule has 0 saturated carbocycles. The number of hydrogen-bond acceptors (Lipinski definition) is 7. The summed E-state index contributed by atoms with van der Waals surface area (Å²) in [4.78, 5) is 0. The van der Waals surface area contributed by atoms with Gasteiger partial charge < -0.3 is 20.3 Å². The fourth-order valence-corrected chi connectivity index (χ4v) is 2.22. The summed E-state index contributed by atoms with van der Waals surface area (Å²) >= 11 is 1.07. The first kappa shape index (κ1) is 16.3. The number of nitrogens with one attached hydrogen (secondary N) is 1. The molecule has 0 amide bonds. The van der Waals surface area contributed by atoms with Gasteiger partial charge in [-0.3, -0.25) is 0 Å². The summed E-state index contributed by atoms with van der Waals surface area (Å²) in [6.07, 6.45) is 2.44. The fraction of sp³-hybridized carbons (Fsp3) is 0.833. The minimum absolute atomic E-state index is 0.166. The molecule has 1 aromatic heterocycles. The van der Waals surface area contributed by atoms with Crippen LogP contribution in [-0.4, -0.2) is 50.9 Å². The monoisotopic (exact) mass is 289 g/mol. The average molecular weight is 289 g/mol. The molecular formula is C12H23N3O3S. The predicted molar refractivity (Wildman–Crippen MR) is 74.4 cm³/mol. The number of rotatable bonds is 10. The van der Waals surface area contributed by atoms with Crippen molar-refractivity contribution in [3.05, 3.63) is 6.20 Å². The third kappa shape index (κ3) is 6.29. The SMILES string of the molecule is CCC(CC)C(O)CNCC(O)COc1cnsn1. The molecule has 0 saturated heterocycles. The number of aromatic nitrogens is 2. The molecule has 7 heteroatoms. The molecule has 1 heterocycles. The Morgan fingerprint density at radius 1 is 1.32 bits per heavy atom. The van der Waals surface area contributed by atoms with Crippen molar-refractivity contribution in [2.45, 2.75) is 38.9 Å². The molecule has 110 valence electrons. The lowest BCUT2D eigenvalue weighted by atomic mass is 9.96. The lowest BCUT2D eigenvalue weighted by Gasteiger charge is -2.21. The summed E-state index contributed by atoms with van der Waals surface area (Å²) in [5.74, 6) is 0.739. The molecule has 0 aromatic carbocycles. The zero-order valence-corrected chi connectivity index (χ0v) is 12.3. The standard InChI is InChI=1S/C12H23N3O3S/c1-3-9(4-2)11(17)6-13-5-10(16)8-18-12-7-14-19-15-12/h7,9-11,13,16-17H,3-6,8H2,1-2H3. The molecule has 0 bridgehead atoms. The molecule has 1 aromatic rings. The molecule has 6 nitrogen and oxygen atoms in total. The Balaban J connectivity index is 2.11. The van der Waals surface area contributed by atoms with E-state index in [1.165, 1.54) is 6.20 Å². The maximum atomic E-state index is 9.91. The Morgan fingerprint density at radius 3 is 2.63 bits per heavy atom. The van der Waals surface area contributed by atoms with E-state index in [2.05, 4.69) is 27.9 Å². The molecule has 0 aliphatic rings. The largest absolute Gasteiger partial charge is 0.473 e. The van der Waals surface area contributed by atoms with Crippen LogP contribution in [0.3, 0.4) is 0 Å². The minimum atomic E-state index is -0.629. The second-order valence-corrected chi connectivity index (χ2v) is 5.07. The molecule has 2 atom stereocenters. The van der Waals surface area contributed by atoms with Crippen LogP contribution < -0.4 is 10.1 Å². The summed E-state index contributed by atoms with van der Waals surface area (Å²) < 4.78 is 12.9. The first-order valence-electron chi connectivity index (χ1n) is 6.64. The van der Waals surface area contributed by atoms with E-state index in [0.29, 0.717) is 24.9 Å². The highest BCUT2D eigenvalue weighted by atomic mass is 32.1. The van der Waals surface area contributed by atoms with Crippen molar-refractivity contribution in [1.29, 1.82) is 0 Å². The topological polar surface area (TPSA) is 87.5 Å². The van der Waals surface area contributed by atoms with Crippen LogP contribution in [0.5, 0.6) is 5.88 Å². The Morgan fingerprint density at radius 2 is 2.05 bits per heavy atom. The molecule has 0 fully saturated rings. The van der Waals surface area contributed by atoms with Gasteiger partial charge in [0.25, 0.3) is 0 Å². The Hall–Kier alpha value is -0.760. The quantitative estimate of drug-likeness (QED) is 0.587. The van der Waals surface area contributed by atoms with Gasteiger partial charge in [-0.15, -0.1) is 4.37 Å². The van der Waals surface area contributed by atoms with Crippen LogP contribution in [0.25, 0.3) is 0 Å². The second kappa shape index (κ2) is 9.19. The number of ether oxygens (including phenoxy) is 1. The van der Waals surface area contributed by atoms with Crippen LogP contribution >= 0.6 is 11.7 Å². The van der Waals surface area contributed by atoms with Crippen LogP contribution in [-0.2, 0) is 0 Å². The van der Waals surface area contributed by atoms with Crippen LogP contribution in [0.1, 0.15) is 26.7 Å². The van der Waals surface area contributed by atoms with E-state index < -0.39 is 6.10 Å². The van der Waals surface area contributed by atoms with Gasteiger partial charge in [0.05, 0.1) is 17.8 Å². The molecule has 1 rings (SSSR count). The van der Waals surface area contributed by atoms with Gasteiger partial charge in [-0.2, -0.15) is 4.37 Å². The molecule has 3 N–H and O–H groups in total. The van der Waals surface area contributed by atoms with Gasteiger partial charge in [-0.05, 0) is 5.92 Å². The fourth-order valence-electron chi connectivity index (χ4n) is 1.86. The van der Waals surface area contributed by atoms with Crippen molar-refractivity contribution < 1.29 is 14.9 Å². The maximum Gasteiger partial charge on any atom is 0.245 e. The van der Waals surface area contributed by atoms with Crippen molar-refractivity contribution >= 4 is 11.7 Å². The van der Waals surface area contributed by atoms with Gasteiger partial charge in [-0.1, -0.05) is 26.7 Å². The van der Waals surface area contributed by atoms with Crippen LogP contribution in [0.2, 0.25) is 0 Å². The highest BCUT2D eigenvalue weighted by Gasteiger charge is 2.15. The average Bonchev–Trinajstić information content (AvgIpc) is 2.91.